The number of halogens is 2. The molecule has 1 N–H and O–H groups in total. The number of nitrogens with zero attached hydrogens (tertiary/aromatic N) is 2. The summed E-state index contributed by atoms with van der Waals surface area (Å²) in [7, 11) is 1.91. The Labute approximate surface area is 165 Å². The van der Waals surface area contributed by atoms with E-state index in [-0.39, 0.29) is 0 Å². The molecule has 3 rings (SSSR count). The van der Waals surface area contributed by atoms with E-state index >= 15 is 0 Å². The number of aliphatic carboxylic acids is 1. The van der Waals surface area contributed by atoms with Gasteiger partial charge >= 0.3 is 5.97 Å². The fourth-order valence-corrected chi connectivity index (χ4v) is 2.90. The van der Waals surface area contributed by atoms with Crippen molar-refractivity contribution in [1.82, 2.24) is 4.57 Å². The molecule has 8 heteroatoms. The molecule has 0 aliphatic rings. The maximum atomic E-state index is 10.5. The summed E-state index contributed by atoms with van der Waals surface area (Å²) >= 11 is 11.9. The Kier molecular flexibility index (Phi) is 5.88. The number of carboxylic acid groups (broad SMARTS) is 1. The molecular formula is C19H16Cl2N2O4. The van der Waals surface area contributed by atoms with Gasteiger partial charge in [-0.05, 0) is 35.9 Å². The van der Waals surface area contributed by atoms with Crippen molar-refractivity contribution in [1.29, 1.82) is 0 Å². The minimum absolute atomic E-state index is 0.348. The standard InChI is InChI=1S/C19H16Cl2N2O4/c1-23-9-13(8-22-27-11-19(24)25)15-7-14(3-5-18(15)23)26-10-12-2-4-16(20)17(21)6-12/h2-9H,10-11H2,1H3,(H,24,25)/b22-8+. The highest BCUT2D eigenvalue weighted by Gasteiger charge is 2.08. The Morgan fingerprint density at radius 1 is 1.22 bits per heavy atom. The summed E-state index contributed by atoms with van der Waals surface area (Å²) in [4.78, 5) is 15.2. The number of rotatable bonds is 7. The smallest absolute Gasteiger partial charge is 0.344 e. The predicted molar refractivity (Wildman–Crippen MR) is 105 cm³/mol. The second-order valence-corrected chi connectivity index (χ2v) is 6.63. The Hall–Kier alpha value is -2.70. The van der Waals surface area contributed by atoms with E-state index in [4.69, 9.17) is 37.9 Å². The fraction of sp³-hybridized carbons (Fsp3) is 0.158. The molecule has 1 aromatic heterocycles. The summed E-state index contributed by atoms with van der Waals surface area (Å²) in [6.07, 6.45) is 3.36. The van der Waals surface area contributed by atoms with Crippen molar-refractivity contribution in [2.24, 2.45) is 12.2 Å². The molecule has 0 aliphatic heterocycles. The molecule has 0 bridgehead atoms. The van der Waals surface area contributed by atoms with Crippen LogP contribution in [-0.4, -0.2) is 28.5 Å². The molecule has 6 nitrogen and oxygen atoms in total. The van der Waals surface area contributed by atoms with Gasteiger partial charge in [0.1, 0.15) is 12.4 Å². The number of oxime groups is 1. The van der Waals surface area contributed by atoms with Crippen LogP contribution in [0.5, 0.6) is 5.75 Å². The minimum atomic E-state index is -1.08. The van der Waals surface area contributed by atoms with Crippen LogP contribution in [0.25, 0.3) is 10.9 Å². The van der Waals surface area contributed by atoms with Crippen molar-refractivity contribution in [2.45, 2.75) is 6.61 Å². The quantitative estimate of drug-likeness (QED) is 0.463. The van der Waals surface area contributed by atoms with E-state index in [1.807, 2.05) is 42.1 Å². The van der Waals surface area contributed by atoms with Crippen LogP contribution in [0.4, 0.5) is 0 Å². The Bertz CT molecular complexity index is 1010. The monoisotopic (exact) mass is 406 g/mol. The molecule has 0 radical (unpaired) electrons. The average Bonchev–Trinajstić information content (AvgIpc) is 2.95. The molecule has 2 aromatic carbocycles. The zero-order valence-electron chi connectivity index (χ0n) is 14.4. The molecular weight excluding hydrogens is 391 g/mol. The van der Waals surface area contributed by atoms with E-state index in [1.54, 1.807) is 12.1 Å². The first-order valence-corrected chi connectivity index (χ1v) is 8.72. The number of benzene rings is 2. The molecule has 3 aromatic rings. The highest BCUT2D eigenvalue weighted by molar-refractivity contribution is 6.42. The van der Waals surface area contributed by atoms with Crippen LogP contribution in [0.15, 0.2) is 47.8 Å². The van der Waals surface area contributed by atoms with Gasteiger partial charge < -0.3 is 19.2 Å². The van der Waals surface area contributed by atoms with Crippen molar-refractivity contribution in [3.63, 3.8) is 0 Å². The molecule has 0 unspecified atom stereocenters. The van der Waals surface area contributed by atoms with Gasteiger partial charge in [-0.15, -0.1) is 0 Å². The van der Waals surface area contributed by atoms with Crippen LogP contribution in [0, 0.1) is 0 Å². The minimum Gasteiger partial charge on any atom is -0.489 e. The SMILES string of the molecule is Cn1cc(/C=N/OCC(=O)O)c2cc(OCc3ccc(Cl)c(Cl)c3)ccc21. The van der Waals surface area contributed by atoms with E-state index in [0.717, 1.165) is 22.0 Å². The summed E-state index contributed by atoms with van der Waals surface area (Å²) in [5.74, 6) is -0.399. The first-order chi connectivity index (χ1) is 12.9. The third-order valence-corrected chi connectivity index (χ3v) is 4.57. The first kappa shape index (κ1) is 19.1. The maximum Gasteiger partial charge on any atom is 0.344 e. The number of ether oxygens (including phenoxy) is 1. The highest BCUT2D eigenvalue weighted by atomic mass is 35.5. The lowest BCUT2D eigenvalue weighted by Crippen LogP contribution is -2.03. The lowest BCUT2D eigenvalue weighted by molar-refractivity contribution is -0.142. The van der Waals surface area contributed by atoms with Gasteiger partial charge in [0.2, 0.25) is 6.61 Å². The van der Waals surface area contributed by atoms with E-state index in [0.29, 0.717) is 22.4 Å². The van der Waals surface area contributed by atoms with Gasteiger partial charge in [0.25, 0.3) is 0 Å². The van der Waals surface area contributed by atoms with Crippen LogP contribution in [0.3, 0.4) is 0 Å². The summed E-state index contributed by atoms with van der Waals surface area (Å²) in [6.45, 7) is -0.139. The molecule has 0 aliphatic carbocycles. The molecule has 1 heterocycles. The summed E-state index contributed by atoms with van der Waals surface area (Å²) in [5, 5.41) is 14.2. The van der Waals surface area contributed by atoms with E-state index in [1.165, 1.54) is 6.21 Å². The molecule has 0 amide bonds. The van der Waals surface area contributed by atoms with Crippen LogP contribution in [-0.2, 0) is 23.3 Å². The highest BCUT2D eigenvalue weighted by Crippen LogP contribution is 2.26. The lowest BCUT2D eigenvalue weighted by atomic mass is 10.2. The van der Waals surface area contributed by atoms with Crippen molar-refractivity contribution < 1.29 is 19.5 Å². The first-order valence-electron chi connectivity index (χ1n) is 7.97. The number of hydrogen-bond donors (Lipinski definition) is 1. The molecule has 0 saturated carbocycles. The van der Waals surface area contributed by atoms with Crippen LogP contribution in [0.2, 0.25) is 10.0 Å². The van der Waals surface area contributed by atoms with Crippen LogP contribution >= 0.6 is 23.2 Å². The third-order valence-electron chi connectivity index (χ3n) is 3.84. The number of carboxylic acids is 1. The topological polar surface area (TPSA) is 73.1 Å². The number of fused-ring (bicyclic) bond motifs is 1. The lowest BCUT2D eigenvalue weighted by Gasteiger charge is -2.08. The van der Waals surface area contributed by atoms with Crippen LogP contribution in [0.1, 0.15) is 11.1 Å². The largest absolute Gasteiger partial charge is 0.489 e. The van der Waals surface area contributed by atoms with Gasteiger partial charge in [-0.1, -0.05) is 34.4 Å². The van der Waals surface area contributed by atoms with E-state index < -0.39 is 12.6 Å². The Morgan fingerprint density at radius 2 is 2.04 bits per heavy atom. The number of aryl methyl sites for hydroxylation is 1. The van der Waals surface area contributed by atoms with Gasteiger partial charge in [-0.25, -0.2) is 4.79 Å². The number of carbonyl (C=O) groups is 1. The summed E-state index contributed by atoms with van der Waals surface area (Å²) in [6, 6.07) is 11.1. The summed E-state index contributed by atoms with van der Waals surface area (Å²) < 4.78 is 7.79. The van der Waals surface area contributed by atoms with Crippen LogP contribution < -0.4 is 4.74 Å². The molecule has 27 heavy (non-hydrogen) atoms. The number of aromatic nitrogens is 1. The zero-order chi connectivity index (χ0) is 19.4. The van der Waals surface area contributed by atoms with Gasteiger partial charge in [0.15, 0.2) is 0 Å². The third kappa shape index (κ3) is 4.72. The predicted octanol–water partition coefficient (Wildman–Crippen LogP) is 4.50. The van der Waals surface area contributed by atoms with Gasteiger partial charge in [0, 0.05) is 29.7 Å². The Balaban J connectivity index is 1.77. The molecule has 0 fully saturated rings. The Morgan fingerprint density at radius 3 is 2.78 bits per heavy atom. The zero-order valence-corrected chi connectivity index (χ0v) is 15.9. The fourth-order valence-electron chi connectivity index (χ4n) is 2.58. The second-order valence-electron chi connectivity index (χ2n) is 5.81. The van der Waals surface area contributed by atoms with Crippen molar-refractivity contribution in [2.75, 3.05) is 6.61 Å². The van der Waals surface area contributed by atoms with E-state index in [2.05, 4.69) is 5.16 Å². The normalized spacial score (nSPS) is 11.2. The molecule has 0 saturated heterocycles. The molecule has 140 valence electrons. The van der Waals surface area contributed by atoms with Gasteiger partial charge in [0.05, 0.1) is 16.3 Å². The molecule has 0 atom stereocenters. The maximum absolute atomic E-state index is 10.5. The van der Waals surface area contributed by atoms with Crippen molar-refractivity contribution >= 4 is 46.3 Å². The second kappa shape index (κ2) is 8.33. The van der Waals surface area contributed by atoms with Gasteiger partial charge in [-0.2, -0.15) is 0 Å². The summed E-state index contributed by atoms with van der Waals surface area (Å²) in [5.41, 5.74) is 2.68. The average molecular weight is 407 g/mol. The van der Waals surface area contributed by atoms with Gasteiger partial charge in [-0.3, -0.25) is 0 Å². The van der Waals surface area contributed by atoms with Crippen molar-refractivity contribution in [3.8, 4) is 5.75 Å². The van der Waals surface area contributed by atoms with E-state index in [9.17, 15) is 4.79 Å². The molecule has 0 spiro atoms. The number of hydrogen-bond acceptors (Lipinski definition) is 4. The van der Waals surface area contributed by atoms with Crippen molar-refractivity contribution in [3.05, 3.63) is 63.8 Å².